The molecule has 0 amide bonds. The van der Waals surface area contributed by atoms with E-state index in [1.165, 1.54) is 43.1 Å². The lowest BCUT2D eigenvalue weighted by atomic mass is 9.84. The molecule has 2 aliphatic rings. The molecule has 0 saturated heterocycles. The van der Waals surface area contributed by atoms with Gasteiger partial charge in [-0.2, -0.15) is 0 Å². The molecule has 1 fully saturated rings. The van der Waals surface area contributed by atoms with E-state index in [-0.39, 0.29) is 11.2 Å². The number of aryl methyl sites for hydroxylation is 1. The number of rotatable bonds is 1. The first-order chi connectivity index (χ1) is 10.2. The topological polar surface area (TPSA) is 24.9 Å². The van der Waals surface area contributed by atoms with Crippen LogP contribution in [0.3, 0.4) is 0 Å². The summed E-state index contributed by atoms with van der Waals surface area (Å²) in [6, 6.07) is 9.10. The third kappa shape index (κ3) is 1.95. The van der Waals surface area contributed by atoms with Crippen molar-refractivity contribution < 1.29 is 4.39 Å². The highest BCUT2D eigenvalue weighted by Crippen LogP contribution is 2.47. The fourth-order valence-corrected chi connectivity index (χ4v) is 3.88. The van der Waals surface area contributed by atoms with Gasteiger partial charge in [-0.1, -0.05) is 12.8 Å². The summed E-state index contributed by atoms with van der Waals surface area (Å²) in [6.07, 6.45) is 5.04. The van der Waals surface area contributed by atoms with Crippen LogP contribution in [0.1, 0.15) is 36.9 Å². The van der Waals surface area contributed by atoms with Gasteiger partial charge in [0.1, 0.15) is 5.82 Å². The number of benzene rings is 1. The number of fused-ring (bicyclic) bond motifs is 2. The molecule has 1 aromatic heterocycles. The molecule has 2 aromatic rings. The average molecular weight is 282 g/mol. The van der Waals surface area contributed by atoms with E-state index in [0.29, 0.717) is 0 Å². The summed E-state index contributed by atoms with van der Waals surface area (Å²) in [5, 5.41) is 3.51. The van der Waals surface area contributed by atoms with Crippen LogP contribution in [-0.4, -0.2) is 11.5 Å². The summed E-state index contributed by atoms with van der Waals surface area (Å²) in [4.78, 5) is 4.96. The quantitative estimate of drug-likeness (QED) is 0.836. The summed E-state index contributed by atoms with van der Waals surface area (Å²) in [5.74, 6) is -0.189. The minimum atomic E-state index is -0.189. The standard InChI is InChI=1S/C18H19FN2/c1-12-10-13(19)4-5-14(12)15-6-7-16-17(21-15)18(11-20-16)8-2-3-9-18/h4-7,10,20H,2-3,8-9,11H2,1H3. The fraction of sp³-hybridized carbons (Fsp3) is 0.389. The van der Waals surface area contributed by atoms with E-state index in [4.69, 9.17) is 4.98 Å². The monoisotopic (exact) mass is 282 g/mol. The predicted molar refractivity (Wildman–Crippen MR) is 83.0 cm³/mol. The van der Waals surface area contributed by atoms with Gasteiger partial charge < -0.3 is 5.32 Å². The van der Waals surface area contributed by atoms with Gasteiger partial charge in [0, 0.05) is 17.5 Å². The highest BCUT2D eigenvalue weighted by molar-refractivity contribution is 5.68. The second-order valence-corrected chi connectivity index (χ2v) is 6.39. The lowest BCUT2D eigenvalue weighted by molar-refractivity contribution is 0.476. The first-order valence-corrected chi connectivity index (χ1v) is 7.70. The minimum Gasteiger partial charge on any atom is -0.383 e. The maximum Gasteiger partial charge on any atom is 0.123 e. The van der Waals surface area contributed by atoms with Gasteiger partial charge in [-0.05, 0) is 55.7 Å². The van der Waals surface area contributed by atoms with Gasteiger partial charge in [-0.3, -0.25) is 0 Å². The zero-order valence-corrected chi connectivity index (χ0v) is 12.2. The van der Waals surface area contributed by atoms with Crippen LogP contribution in [-0.2, 0) is 5.41 Å². The molecule has 2 nitrogen and oxygen atoms in total. The van der Waals surface area contributed by atoms with Crippen LogP contribution in [0.15, 0.2) is 30.3 Å². The van der Waals surface area contributed by atoms with Crippen molar-refractivity contribution >= 4 is 5.69 Å². The van der Waals surface area contributed by atoms with Gasteiger partial charge in [0.25, 0.3) is 0 Å². The van der Waals surface area contributed by atoms with Crippen molar-refractivity contribution in [2.45, 2.75) is 38.0 Å². The Morgan fingerprint density at radius 2 is 1.95 bits per heavy atom. The van der Waals surface area contributed by atoms with E-state index in [1.807, 2.05) is 19.1 Å². The van der Waals surface area contributed by atoms with Crippen LogP contribution < -0.4 is 5.32 Å². The molecular weight excluding hydrogens is 263 g/mol. The average Bonchev–Trinajstić information content (AvgIpc) is 3.08. The third-order valence-corrected chi connectivity index (χ3v) is 5.04. The first kappa shape index (κ1) is 12.8. The predicted octanol–water partition coefficient (Wildman–Crippen LogP) is 4.43. The number of hydrogen-bond acceptors (Lipinski definition) is 2. The Kier molecular flexibility index (Phi) is 2.78. The number of hydrogen-bond donors (Lipinski definition) is 1. The zero-order valence-electron chi connectivity index (χ0n) is 12.2. The first-order valence-electron chi connectivity index (χ1n) is 7.70. The van der Waals surface area contributed by atoms with Gasteiger partial charge in [-0.15, -0.1) is 0 Å². The molecule has 1 aliphatic heterocycles. The SMILES string of the molecule is Cc1cc(F)ccc1-c1ccc2c(n1)C1(CCCC1)CN2. The van der Waals surface area contributed by atoms with Crippen LogP contribution >= 0.6 is 0 Å². The molecule has 1 aliphatic carbocycles. The number of nitrogens with zero attached hydrogens (tertiary/aromatic N) is 1. The van der Waals surface area contributed by atoms with E-state index in [9.17, 15) is 4.39 Å². The van der Waals surface area contributed by atoms with Crippen LogP contribution in [0, 0.1) is 12.7 Å². The molecule has 3 heteroatoms. The van der Waals surface area contributed by atoms with Crippen LogP contribution in [0.2, 0.25) is 0 Å². The van der Waals surface area contributed by atoms with Crippen molar-refractivity contribution in [3.05, 3.63) is 47.4 Å². The summed E-state index contributed by atoms with van der Waals surface area (Å²) in [5.41, 5.74) is 5.57. The van der Waals surface area contributed by atoms with Crippen molar-refractivity contribution in [3.8, 4) is 11.3 Å². The Morgan fingerprint density at radius 1 is 1.14 bits per heavy atom. The van der Waals surface area contributed by atoms with Crippen molar-refractivity contribution in [2.24, 2.45) is 0 Å². The largest absolute Gasteiger partial charge is 0.383 e. The molecule has 108 valence electrons. The zero-order chi connectivity index (χ0) is 14.4. The summed E-state index contributed by atoms with van der Waals surface area (Å²) < 4.78 is 13.3. The maximum atomic E-state index is 13.3. The van der Waals surface area contributed by atoms with Crippen molar-refractivity contribution in [3.63, 3.8) is 0 Å². The van der Waals surface area contributed by atoms with E-state index in [2.05, 4.69) is 11.4 Å². The molecule has 0 unspecified atom stereocenters. The molecule has 0 atom stereocenters. The number of halogens is 1. The number of nitrogens with one attached hydrogen (secondary N) is 1. The van der Waals surface area contributed by atoms with E-state index in [1.54, 1.807) is 6.07 Å². The second-order valence-electron chi connectivity index (χ2n) is 6.39. The molecule has 1 aromatic carbocycles. The van der Waals surface area contributed by atoms with Gasteiger partial charge in [-0.25, -0.2) is 9.37 Å². The summed E-state index contributed by atoms with van der Waals surface area (Å²) in [6.45, 7) is 2.96. The molecule has 1 spiro atoms. The molecule has 0 bridgehead atoms. The number of pyridine rings is 1. The Labute approximate surface area is 124 Å². The van der Waals surface area contributed by atoms with Gasteiger partial charge in [0.2, 0.25) is 0 Å². The van der Waals surface area contributed by atoms with Crippen LogP contribution in [0.4, 0.5) is 10.1 Å². The van der Waals surface area contributed by atoms with Gasteiger partial charge in [0.05, 0.1) is 17.1 Å². The number of aromatic nitrogens is 1. The van der Waals surface area contributed by atoms with Crippen molar-refractivity contribution in [1.82, 2.24) is 4.98 Å². The van der Waals surface area contributed by atoms with Crippen LogP contribution in [0.25, 0.3) is 11.3 Å². The van der Waals surface area contributed by atoms with Gasteiger partial charge >= 0.3 is 0 Å². The van der Waals surface area contributed by atoms with Crippen LogP contribution in [0.5, 0.6) is 0 Å². The molecule has 0 radical (unpaired) electrons. The second kappa shape index (κ2) is 4.55. The van der Waals surface area contributed by atoms with E-state index in [0.717, 1.165) is 23.4 Å². The van der Waals surface area contributed by atoms with E-state index >= 15 is 0 Å². The van der Waals surface area contributed by atoms with Gasteiger partial charge in [0.15, 0.2) is 0 Å². The lowest BCUT2D eigenvalue weighted by Crippen LogP contribution is -2.25. The third-order valence-electron chi connectivity index (χ3n) is 5.04. The molecule has 21 heavy (non-hydrogen) atoms. The fourth-order valence-electron chi connectivity index (χ4n) is 3.88. The normalized spacial score (nSPS) is 18.8. The molecule has 2 heterocycles. The molecule has 4 rings (SSSR count). The highest BCUT2D eigenvalue weighted by Gasteiger charge is 2.42. The summed E-state index contributed by atoms with van der Waals surface area (Å²) >= 11 is 0. The Bertz CT molecular complexity index is 702. The Balaban J connectivity index is 1.82. The molecule has 1 N–H and O–H groups in total. The number of anilines is 1. The Hall–Kier alpha value is -1.90. The highest BCUT2D eigenvalue weighted by atomic mass is 19.1. The molecule has 1 saturated carbocycles. The summed E-state index contributed by atoms with van der Waals surface area (Å²) in [7, 11) is 0. The van der Waals surface area contributed by atoms with Crippen molar-refractivity contribution in [1.29, 1.82) is 0 Å². The maximum absolute atomic E-state index is 13.3. The Morgan fingerprint density at radius 3 is 2.71 bits per heavy atom. The lowest BCUT2D eigenvalue weighted by Gasteiger charge is -2.22. The molecular formula is C18H19FN2. The van der Waals surface area contributed by atoms with Crippen molar-refractivity contribution in [2.75, 3.05) is 11.9 Å². The smallest absolute Gasteiger partial charge is 0.123 e. The van der Waals surface area contributed by atoms with E-state index < -0.39 is 0 Å². The minimum absolute atomic E-state index is 0.189.